The first-order valence-electron chi connectivity index (χ1n) is 7.28. The summed E-state index contributed by atoms with van der Waals surface area (Å²) in [5, 5.41) is 0.0849. The van der Waals surface area contributed by atoms with E-state index in [1.165, 1.54) is 17.8 Å². The summed E-state index contributed by atoms with van der Waals surface area (Å²) < 4.78 is 5.07. The van der Waals surface area contributed by atoms with Gasteiger partial charge in [-0.2, -0.15) is 0 Å². The van der Waals surface area contributed by atoms with Crippen LogP contribution >= 0.6 is 11.8 Å². The summed E-state index contributed by atoms with van der Waals surface area (Å²) in [6, 6.07) is 0. The molecule has 1 atom stereocenters. The van der Waals surface area contributed by atoms with E-state index in [4.69, 9.17) is 4.74 Å². The van der Waals surface area contributed by atoms with Crippen molar-refractivity contribution in [3.63, 3.8) is 0 Å². The molecular formula is C15H25NO3S. The van der Waals surface area contributed by atoms with Gasteiger partial charge in [-0.25, -0.2) is 4.79 Å². The molecular weight excluding hydrogens is 274 g/mol. The van der Waals surface area contributed by atoms with Crippen molar-refractivity contribution < 1.29 is 14.3 Å². The van der Waals surface area contributed by atoms with Crippen molar-refractivity contribution in [1.29, 1.82) is 0 Å². The van der Waals surface area contributed by atoms with E-state index in [1.54, 1.807) is 4.90 Å². The average Bonchev–Trinajstić information content (AvgIpc) is 2.84. The molecule has 20 heavy (non-hydrogen) atoms. The van der Waals surface area contributed by atoms with Gasteiger partial charge in [-0.15, -0.1) is 0 Å². The number of rotatable bonds is 7. The number of hydrogen-bond acceptors (Lipinski definition) is 4. The van der Waals surface area contributed by atoms with Crippen LogP contribution in [0.3, 0.4) is 0 Å². The van der Waals surface area contributed by atoms with Gasteiger partial charge < -0.3 is 4.74 Å². The average molecular weight is 299 g/mol. The first kappa shape index (κ1) is 17.1. The van der Waals surface area contributed by atoms with Gasteiger partial charge in [-0.05, 0) is 26.2 Å². The van der Waals surface area contributed by atoms with Crippen molar-refractivity contribution in [2.45, 2.75) is 51.5 Å². The maximum absolute atomic E-state index is 12.4. The normalized spacial score (nSPS) is 21.8. The van der Waals surface area contributed by atoms with Crippen LogP contribution in [-0.2, 0) is 9.53 Å². The van der Waals surface area contributed by atoms with Crippen molar-refractivity contribution in [3.05, 3.63) is 12.7 Å². The molecule has 5 heteroatoms. The van der Waals surface area contributed by atoms with E-state index in [2.05, 4.69) is 13.5 Å². The second-order valence-corrected chi connectivity index (χ2v) is 6.31. The van der Waals surface area contributed by atoms with Gasteiger partial charge in [0, 0.05) is 12.3 Å². The van der Waals surface area contributed by atoms with Crippen LogP contribution < -0.4 is 0 Å². The zero-order valence-corrected chi connectivity index (χ0v) is 13.3. The number of likely N-dealkylation sites (tertiary alicyclic amines) is 1. The van der Waals surface area contributed by atoms with Crippen LogP contribution in [0, 0.1) is 0 Å². The Labute approximate surface area is 125 Å². The summed E-state index contributed by atoms with van der Waals surface area (Å²) in [7, 11) is 0. The summed E-state index contributed by atoms with van der Waals surface area (Å²) in [6.07, 6.45) is 6.02. The highest BCUT2D eigenvalue weighted by molar-refractivity contribution is 8.13. The number of thioether (sulfide) groups is 1. The van der Waals surface area contributed by atoms with Crippen LogP contribution in [0.1, 0.15) is 46.0 Å². The summed E-state index contributed by atoms with van der Waals surface area (Å²) >= 11 is 1.35. The molecule has 4 nitrogen and oxygen atoms in total. The van der Waals surface area contributed by atoms with E-state index in [1.807, 2.05) is 6.92 Å². The molecule has 1 heterocycles. The van der Waals surface area contributed by atoms with E-state index in [9.17, 15) is 9.59 Å². The monoisotopic (exact) mass is 299 g/mol. The molecule has 0 saturated carbocycles. The molecule has 0 aliphatic carbocycles. The predicted molar refractivity (Wildman–Crippen MR) is 82.9 cm³/mol. The SMILES string of the molecule is C=CCOC(=O)N1CCCC1(C)C(=O)SCCCCC. The van der Waals surface area contributed by atoms with E-state index in [0.29, 0.717) is 6.54 Å². The van der Waals surface area contributed by atoms with E-state index in [0.717, 1.165) is 37.9 Å². The van der Waals surface area contributed by atoms with Crippen LogP contribution in [-0.4, -0.2) is 40.6 Å². The quantitative estimate of drug-likeness (QED) is 0.532. The van der Waals surface area contributed by atoms with Gasteiger partial charge in [0.2, 0.25) is 5.12 Å². The van der Waals surface area contributed by atoms with Crippen molar-refractivity contribution in [3.8, 4) is 0 Å². The van der Waals surface area contributed by atoms with E-state index >= 15 is 0 Å². The third kappa shape index (κ3) is 4.27. The molecule has 0 aromatic heterocycles. The molecule has 1 fully saturated rings. The van der Waals surface area contributed by atoms with Crippen LogP contribution in [0.5, 0.6) is 0 Å². The van der Waals surface area contributed by atoms with Crippen LogP contribution in [0.4, 0.5) is 4.79 Å². The molecule has 1 aliphatic heterocycles. The first-order valence-corrected chi connectivity index (χ1v) is 8.27. The number of amides is 1. The van der Waals surface area contributed by atoms with Crippen molar-refractivity contribution in [2.75, 3.05) is 18.9 Å². The molecule has 1 aliphatic rings. The zero-order valence-electron chi connectivity index (χ0n) is 12.5. The molecule has 0 spiro atoms. The molecule has 1 amide bonds. The summed E-state index contributed by atoms with van der Waals surface area (Å²) in [6.45, 7) is 8.29. The lowest BCUT2D eigenvalue weighted by molar-refractivity contribution is -0.119. The number of carbonyl (C=O) groups excluding carboxylic acids is 2. The lowest BCUT2D eigenvalue weighted by atomic mass is 10.0. The van der Waals surface area contributed by atoms with Gasteiger partial charge in [-0.3, -0.25) is 9.69 Å². The second-order valence-electron chi connectivity index (χ2n) is 5.24. The van der Waals surface area contributed by atoms with Gasteiger partial charge in [0.05, 0.1) is 0 Å². The third-order valence-corrected chi connectivity index (χ3v) is 4.80. The molecule has 0 N–H and O–H groups in total. The van der Waals surface area contributed by atoms with Gasteiger partial charge in [0.15, 0.2) is 0 Å². The minimum Gasteiger partial charge on any atom is -0.445 e. The Hall–Kier alpha value is -0.970. The Morgan fingerprint density at radius 2 is 2.20 bits per heavy atom. The maximum Gasteiger partial charge on any atom is 0.410 e. The van der Waals surface area contributed by atoms with Crippen molar-refractivity contribution in [2.24, 2.45) is 0 Å². The standard InChI is InChI=1S/C15H25NO3S/c1-4-6-7-12-20-13(17)15(3)9-8-10-16(15)14(18)19-11-5-2/h5H,2,4,6-12H2,1,3H3. The van der Waals surface area contributed by atoms with Crippen molar-refractivity contribution in [1.82, 2.24) is 4.90 Å². The topological polar surface area (TPSA) is 46.6 Å². The summed E-state index contributed by atoms with van der Waals surface area (Å²) in [5.41, 5.74) is -0.713. The largest absolute Gasteiger partial charge is 0.445 e. The molecule has 1 unspecified atom stereocenters. The Bertz CT molecular complexity index is 359. The highest BCUT2D eigenvalue weighted by atomic mass is 32.2. The number of carbonyl (C=O) groups is 2. The predicted octanol–water partition coefficient (Wildman–Crippen LogP) is 3.61. The number of nitrogens with zero attached hydrogens (tertiary/aromatic N) is 1. The fourth-order valence-electron chi connectivity index (χ4n) is 2.35. The van der Waals surface area contributed by atoms with Crippen molar-refractivity contribution >= 4 is 23.0 Å². The number of hydrogen-bond donors (Lipinski definition) is 0. The smallest absolute Gasteiger partial charge is 0.410 e. The van der Waals surface area contributed by atoms with Gasteiger partial charge in [-0.1, -0.05) is 44.2 Å². The Kier molecular flexibility index (Phi) is 7.13. The van der Waals surface area contributed by atoms with E-state index in [-0.39, 0.29) is 11.7 Å². The Morgan fingerprint density at radius 1 is 1.45 bits per heavy atom. The fourth-order valence-corrected chi connectivity index (χ4v) is 3.41. The summed E-state index contributed by atoms with van der Waals surface area (Å²) in [5.74, 6) is 0.831. The first-order chi connectivity index (χ1) is 9.56. The Morgan fingerprint density at radius 3 is 2.85 bits per heavy atom. The van der Waals surface area contributed by atoms with Crippen LogP contribution in [0.25, 0.3) is 0 Å². The second kappa shape index (κ2) is 8.35. The molecule has 0 aromatic carbocycles. The molecule has 0 aromatic rings. The minimum atomic E-state index is -0.713. The maximum atomic E-state index is 12.4. The fraction of sp³-hybridized carbons (Fsp3) is 0.733. The van der Waals surface area contributed by atoms with E-state index < -0.39 is 11.6 Å². The Balaban J connectivity index is 2.57. The molecule has 1 saturated heterocycles. The molecule has 1 rings (SSSR count). The zero-order chi connectivity index (χ0) is 15.0. The lowest BCUT2D eigenvalue weighted by Crippen LogP contribution is -2.50. The highest BCUT2D eigenvalue weighted by Gasteiger charge is 2.46. The summed E-state index contributed by atoms with van der Waals surface area (Å²) in [4.78, 5) is 26.0. The van der Waals surface area contributed by atoms with Gasteiger partial charge >= 0.3 is 6.09 Å². The highest BCUT2D eigenvalue weighted by Crippen LogP contribution is 2.34. The number of unbranched alkanes of at least 4 members (excludes halogenated alkanes) is 2. The number of ether oxygens (including phenoxy) is 1. The molecule has 114 valence electrons. The minimum absolute atomic E-state index is 0.0849. The van der Waals surface area contributed by atoms with Crippen LogP contribution in [0.2, 0.25) is 0 Å². The van der Waals surface area contributed by atoms with Crippen LogP contribution in [0.15, 0.2) is 12.7 Å². The van der Waals surface area contributed by atoms with Gasteiger partial charge in [0.25, 0.3) is 0 Å². The van der Waals surface area contributed by atoms with Gasteiger partial charge in [0.1, 0.15) is 12.1 Å². The third-order valence-electron chi connectivity index (χ3n) is 3.61. The molecule has 0 bridgehead atoms. The molecule has 0 radical (unpaired) electrons. The lowest BCUT2D eigenvalue weighted by Gasteiger charge is -2.32.